The molecular weight excluding hydrogens is 362 g/mol. The SMILES string of the molecule is COc1cccc(OC)c1SNc1noc2cc(-c3ccccc3)ncc12. The standard InChI is InChI=1S/C20H17N3O3S/c1-24-16-9-6-10-17(25-2)19(16)27-23-20-14-12-21-15(11-18(14)26-22-20)13-7-4-3-5-8-13/h3-12H,1-2H3,(H,22,23). The van der Waals surface area contributed by atoms with Gasteiger partial charge >= 0.3 is 0 Å². The van der Waals surface area contributed by atoms with E-state index in [0.29, 0.717) is 22.9 Å². The average molecular weight is 379 g/mol. The van der Waals surface area contributed by atoms with Gasteiger partial charge in [-0.3, -0.25) is 4.98 Å². The van der Waals surface area contributed by atoms with Crippen LogP contribution in [0.25, 0.3) is 22.2 Å². The summed E-state index contributed by atoms with van der Waals surface area (Å²) in [6.45, 7) is 0. The number of nitrogens with one attached hydrogen (secondary N) is 1. The third kappa shape index (κ3) is 3.41. The number of methoxy groups -OCH3 is 2. The van der Waals surface area contributed by atoms with Gasteiger partial charge in [0.1, 0.15) is 16.4 Å². The van der Waals surface area contributed by atoms with E-state index in [1.54, 1.807) is 20.4 Å². The van der Waals surface area contributed by atoms with E-state index in [1.807, 2.05) is 54.6 Å². The Bertz CT molecular complexity index is 1040. The zero-order valence-corrected chi connectivity index (χ0v) is 15.6. The van der Waals surface area contributed by atoms with Crippen LogP contribution in [0.15, 0.2) is 70.2 Å². The Morgan fingerprint density at radius 3 is 2.41 bits per heavy atom. The van der Waals surface area contributed by atoms with E-state index in [0.717, 1.165) is 21.5 Å². The number of benzene rings is 2. The predicted octanol–water partition coefficient (Wildman–Crippen LogP) is 5.03. The number of hydrogen-bond acceptors (Lipinski definition) is 7. The largest absolute Gasteiger partial charge is 0.495 e. The Kier molecular flexibility index (Phi) is 4.84. The molecule has 27 heavy (non-hydrogen) atoms. The molecule has 0 fully saturated rings. The van der Waals surface area contributed by atoms with Crippen LogP contribution in [0.1, 0.15) is 0 Å². The van der Waals surface area contributed by atoms with Crippen molar-refractivity contribution in [1.29, 1.82) is 0 Å². The van der Waals surface area contributed by atoms with Gasteiger partial charge in [-0.1, -0.05) is 41.6 Å². The van der Waals surface area contributed by atoms with E-state index < -0.39 is 0 Å². The monoisotopic (exact) mass is 379 g/mol. The molecule has 0 spiro atoms. The highest BCUT2D eigenvalue weighted by Gasteiger charge is 2.15. The summed E-state index contributed by atoms with van der Waals surface area (Å²) in [7, 11) is 3.25. The second-order valence-corrected chi connectivity index (χ2v) is 6.48. The van der Waals surface area contributed by atoms with Crippen LogP contribution >= 0.6 is 11.9 Å². The lowest BCUT2D eigenvalue weighted by molar-refractivity contribution is 0.376. The maximum absolute atomic E-state index is 5.48. The van der Waals surface area contributed by atoms with Gasteiger partial charge in [-0.05, 0) is 24.1 Å². The zero-order valence-electron chi connectivity index (χ0n) is 14.8. The number of anilines is 1. The molecule has 1 N–H and O–H groups in total. The molecule has 7 heteroatoms. The molecule has 4 aromatic rings. The molecule has 6 nitrogen and oxygen atoms in total. The van der Waals surface area contributed by atoms with Gasteiger partial charge in [-0.15, -0.1) is 0 Å². The zero-order chi connectivity index (χ0) is 18.6. The molecule has 2 aromatic heterocycles. The molecule has 0 aliphatic rings. The Labute approximate surface area is 160 Å². The molecular formula is C20H17N3O3S. The molecule has 0 unspecified atom stereocenters. The van der Waals surface area contributed by atoms with Crippen LogP contribution in [0.5, 0.6) is 11.5 Å². The molecule has 0 amide bonds. The van der Waals surface area contributed by atoms with Crippen molar-refractivity contribution < 1.29 is 14.0 Å². The fraction of sp³-hybridized carbons (Fsp3) is 0.100. The van der Waals surface area contributed by atoms with Crippen LogP contribution in [0.2, 0.25) is 0 Å². The summed E-state index contributed by atoms with van der Waals surface area (Å²) in [5, 5.41) is 4.93. The second kappa shape index (κ2) is 7.59. The lowest BCUT2D eigenvalue weighted by Gasteiger charge is -2.12. The lowest BCUT2D eigenvalue weighted by atomic mass is 10.1. The first kappa shape index (κ1) is 17.2. The molecule has 0 bridgehead atoms. The van der Waals surface area contributed by atoms with Crippen molar-refractivity contribution >= 4 is 28.7 Å². The van der Waals surface area contributed by atoms with E-state index in [-0.39, 0.29) is 0 Å². The number of rotatable bonds is 6. The highest BCUT2D eigenvalue weighted by atomic mass is 32.2. The number of pyridine rings is 1. The molecule has 0 atom stereocenters. The molecule has 4 rings (SSSR count). The van der Waals surface area contributed by atoms with Crippen LogP contribution in [0.4, 0.5) is 5.82 Å². The minimum absolute atomic E-state index is 0.593. The van der Waals surface area contributed by atoms with Crippen molar-refractivity contribution in [3.05, 3.63) is 60.8 Å². The van der Waals surface area contributed by atoms with Gasteiger partial charge in [0.25, 0.3) is 0 Å². The number of nitrogens with zero attached hydrogens (tertiary/aromatic N) is 2. The molecule has 136 valence electrons. The topological polar surface area (TPSA) is 69.4 Å². The van der Waals surface area contributed by atoms with E-state index in [2.05, 4.69) is 14.9 Å². The van der Waals surface area contributed by atoms with Crippen molar-refractivity contribution in [2.45, 2.75) is 4.90 Å². The first-order valence-corrected chi connectivity index (χ1v) is 9.06. The van der Waals surface area contributed by atoms with Crippen LogP contribution in [0, 0.1) is 0 Å². The van der Waals surface area contributed by atoms with Gasteiger partial charge < -0.3 is 18.7 Å². The van der Waals surface area contributed by atoms with Crippen LogP contribution < -0.4 is 14.2 Å². The highest BCUT2D eigenvalue weighted by Crippen LogP contribution is 2.38. The van der Waals surface area contributed by atoms with E-state index in [9.17, 15) is 0 Å². The van der Waals surface area contributed by atoms with Crippen molar-refractivity contribution in [2.75, 3.05) is 18.9 Å². The summed E-state index contributed by atoms with van der Waals surface area (Å²) < 4.78 is 19.5. The van der Waals surface area contributed by atoms with Gasteiger partial charge in [-0.25, -0.2) is 0 Å². The summed E-state index contributed by atoms with van der Waals surface area (Å²) >= 11 is 1.35. The molecule has 0 aliphatic carbocycles. The quantitative estimate of drug-likeness (QED) is 0.471. The third-order valence-corrected chi connectivity index (χ3v) is 4.96. The number of ether oxygens (including phenoxy) is 2. The summed E-state index contributed by atoms with van der Waals surface area (Å²) in [5.74, 6) is 2.02. The number of hydrogen-bond donors (Lipinski definition) is 1. The fourth-order valence-electron chi connectivity index (χ4n) is 2.69. The summed E-state index contributed by atoms with van der Waals surface area (Å²) in [5.41, 5.74) is 2.53. The minimum Gasteiger partial charge on any atom is -0.495 e. The van der Waals surface area contributed by atoms with E-state index in [4.69, 9.17) is 14.0 Å². The summed E-state index contributed by atoms with van der Waals surface area (Å²) in [6.07, 6.45) is 1.76. The Balaban J connectivity index is 1.61. The predicted molar refractivity (Wildman–Crippen MR) is 106 cm³/mol. The smallest absolute Gasteiger partial charge is 0.189 e. The maximum atomic E-state index is 5.48. The fourth-order valence-corrected chi connectivity index (χ4v) is 3.54. The van der Waals surface area contributed by atoms with Crippen LogP contribution in [-0.2, 0) is 0 Å². The molecule has 0 saturated carbocycles. The second-order valence-electron chi connectivity index (χ2n) is 5.66. The first-order valence-electron chi connectivity index (χ1n) is 8.25. The van der Waals surface area contributed by atoms with Gasteiger partial charge in [0.2, 0.25) is 0 Å². The molecule has 0 saturated heterocycles. The Morgan fingerprint density at radius 1 is 0.963 bits per heavy atom. The normalized spacial score (nSPS) is 10.7. The number of aromatic nitrogens is 2. The lowest BCUT2D eigenvalue weighted by Crippen LogP contribution is -1.95. The van der Waals surface area contributed by atoms with E-state index in [1.165, 1.54) is 11.9 Å². The highest BCUT2D eigenvalue weighted by molar-refractivity contribution is 8.00. The Hall–Kier alpha value is -3.19. The van der Waals surface area contributed by atoms with Crippen molar-refractivity contribution in [2.24, 2.45) is 0 Å². The van der Waals surface area contributed by atoms with Crippen LogP contribution in [0.3, 0.4) is 0 Å². The molecule has 2 heterocycles. The maximum Gasteiger partial charge on any atom is 0.189 e. The van der Waals surface area contributed by atoms with Gasteiger partial charge in [0.05, 0.1) is 25.3 Å². The minimum atomic E-state index is 0.593. The number of fused-ring (bicyclic) bond motifs is 1. The summed E-state index contributed by atoms with van der Waals surface area (Å²) in [4.78, 5) is 5.36. The van der Waals surface area contributed by atoms with Gasteiger partial charge in [-0.2, -0.15) is 0 Å². The molecule has 0 aliphatic heterocycles. The van der Waals surface area contributed by atoms with Gasteiger partial charge in [0.15, 0.2) is 11.4 Å². The average Bonchev–Trinajstić information content (AvgIpc) is 3.14. The summed E-state index contributed by atoms with van der Waals surface area (Å²) in [6, 6.07) is 17.5. The Morgan fingerprint density at radius 2 is 1.70 bits per heavy atom. The van der Waals surface area contributed by atoms with Crippen LogP contribution in [-0.4, -0.2) is 24.4 Å². The van der Waals surface area contributed by atoms with E-state index >= 15 is 0 Å². The van der Waals surface area contributed by atoms with Gasteiger partial charge in [0, 0.05) is 17.8 Å². The van der Waals surface area contributed by atoms with Crippen molar-refractivity contribution in [3.63, 3.8) is 0 Å². The van der Waals surface area contributed by atoms with Crippen molar-refractivity contribution in [1.82, 2.24) is 10.1 Å². The molecule has 0 radical (unpaired) electrons. The first-order chi connectivity index (χ1) is 13.3. The third-order valence-electron chi connectivity index (χ3n) is 4.06. The van der Waals surface area contributed by atoms with Crippen molar-refractivity contribution in [3.8, 4) is 22.8 Å². The molecule has 2 aromatic carbocycles.